The van der Waals surface area contributed by atoms with Gasteiger partial charge in [-0.1, -0.05) is 6.07 Å². The van der Waals surface area contributed by atoms with E-state index in [-0.39, 0.29) is 34.3 Å². The van der Waals surface area contributed by atoms with Crippen molar-refractivity contribution in [3.63, 3.8) is 0 Å². The van der Waals surface area contributed by atoms with Gasteiger partial charge in [0, 0.05) is 29.9 Å². The first-order chi connectivity index (χ1) is 18.4. The molecule has 3 aromatic carbocycles. The van der Waals surface area contributed by atoms with Gasteiger partial charge >= 0.3 is 12.2 Å². The van der Waals surface area contributed by atoms with E-state index in [1.54, 1.807) is 12.1 Å². The number of likely N-dealkylation sites (N-methyl/N-ethyl adjacent to an activating group) is 1. The second-order valence-corrected chi connectivity index (χ2v) is 8.81. The van der Waals surface area contributed by atoms with Gasteiger partial charge < -0.3 is 16.0 Å². The Labute approximate surface area is 218 Å². The van der Waals surface area contributed by atoms with Gasteiger partial charge in [-0.05, 0) is 54.6 Å². The molecule has 1 aliphatic rings. The van der Waals surface area contributed by atoms with Crippen molar-refractivity contribution < 1.29 is 32.3 Å². The van der Waals surface area contributed by atoms with Crippen LogP contribution in [0, 0.1) is 0 Å². The largest absolute Gasteiger partial charge is 0.416 e. The fraction of sp³-hybridized carbons (Fsp3) is 0.115. The number of amides is 5. The summed E-state index contributed by atoms with van der Waals surface area (Å²) >= 11 is 0. The van der Waals surface area contributed by atoms with Gasteiger partial charge in [0.1, 0.15) is 6.54 Å². The van der Waals surface area contributed by atoms with Crippen molar-refractivity contribution in [2.45, 2.75) is 6.18 Å². The fourth-order valence-corrected chi connectivity index (χ4v) is 4.18. The molecule has 10 nitrogen and oxygen atoms in total. The van der Waals surface area contributed by atoms with Gasteiger partial charge in [0.05, 0.1) is 28.0 Å². The van der Waals surface area contributed by atoms with Gasteiger partial charge in [-0.2, -0.15) is 18.3 Å². The molecule has 39 heavy (non-hydrogen) atoms. The van der Waals surface area contributed by atoms with E-state index in [2.05, 4.69) is 10.4 Å². The molecular weight excluding hydrogens is 517 g/mol. The number of aromatic nitrogens is 2. The smallest absolute Gasteiger partial charge is 0.366 e. The summed E-state index contributed by atoms with van der Waals surface area (Å²) in [6.07, 6.45) is -3.35. The number of primary amides is 1. The number of nitrogens with two attached hydrogens (primary N) is 1. The number of carbonyl (C=O) groups excluding carboxylic acids is 4. The third-order valence-electron chi connectivity index (χ3n) is 6.11. The molecule has 198 valence electrons. The number of benzene rings is 3. The summed E-state index contributed by atoms with van der Waals surface area (Å²) in [5, 5.41) is 6.87. The molecule has 1 fully saturated rings. The second kappa shape index (κ2) is 9.28. The number of hydrogen-bond acceptors (Lipinski definition) is 5. The summed E-state index contributed by atoms with van der Waals surface area (Å²) in [7, 11) is 1.50. The molecule has 5 amide bonds. The molecule has 4 aromatic rings. The molecule has 3 N–H and O–H groups in total. The van der Waals surface area contributed by atoms with Crippen molar-refractivity contribution in [3.05, 3.63) is 83.6 Å². The maximum Gasteiger partial charge on any atom is 0.416 e. The minimum absolute atomic E-state index is 0.0513. The topological polar surface area (TPSA) is 131 Å². The number of rotatable bonds is 5. The Morgan fingerprint density at radius 2 is 1.69 bits per heavy atom. The van der Waals surface area contributed by atoms with E-state index < -0.39 is 35.5 Å². The number of nitrogens with zero attached hydrogens (tertiary/aromatic N) is 4. The van der Waals surface area contributed by atoms with Crippen LogP contribution >= 0.6 is 0 Å². The summed E-state index contributed by atoms with van der Waals surface area (Å²) in [5.74, 6) is -1.97. The standard InChI is InChI=1S/C26H19F3N6O4/c1-33-13-22(36)35(25(33)39)18-7-5-17(6-8-18)34-12-20-19(10-15(26(27,28)29)11-21(20)32-34)24(38)31-16-4-2-3-14(9-16)23(30)37/h2-12H,13H2,1H3,(H2,30,37)(H,31,38). The highest BCUT2D eigenvalue weighted by Gasteiger charge is 2.35. The first-order valence-electron chi connectivity index (χ1n) is 11.4. The molecule has 0 atom stereocenters. The number of carbonyl (C=O) groups is 4. The number of halogens is 3. The van der Waals surface area contributed by atoms with Crippen LogP contribution in [0.5, 0.6) is 0 Å². The van der Waals surface area contributed by atoms with Gasteiger partial charge in [-0.25, -0.2) is 14.4 Å². The van der Waals surface area contributed by atoms with Crippen molar-refractivity contribution in [1.82, 2.24) is 14.7 Å². The average Bonchev–Trinajstić information content (AvgIpc) is 3.43. The number of urea groups is 1. The molecule has 13 heteroatoms. The van der Waals surface area contributed by atoms with Crippen molar-refractivity contribution in [2.75, 3.05) is 23.8 Å². The van der Waals surface area contributed by atoms with Gasteiger partial charge in [0.15, 0.2) is 0 Å². The molecule has 0 saturated carbocycles. The number of alkyl halides is 3. The molecule has 1 aromatic heterocycles. The van der Waals surface area contributed by atoms with Crippen molar-refractivity contribution in [3.8, 4) is 5.69 Å². The average molecular weight is 536 g/mol. The van der Waals surface area contributed by atoms with E-state index in [0.717, 1.165) is 17.0 Å². The lowest BCUT2D eigenvalue weighted by molar-refractivity contribution is -0.137. The van der Waals surface area contributed by atoms with E-state index in [0.29, 0.717) is 11.4 Å². The van der Waals surface area contributed by atoms with Crippen LogP contribution in [0.1, 0.15) is 26.3 Å². The van der Waals surface area contributed by atoms with Crippen molar-refractivity contribution in [1.29, 1.82) is 0 Å². The van der Waals surface area contributed by atoms with Crippen LogP contribution in [0.15, 0.2) is 66.9 Å². The molecule has 0 bridgehead atoms. The minimum atomic E-state index is -4.75. The molecule has 1 aliphatic heterocycles. The van der Waals surface area contributed by atoms with Crippen LogP contribution in [0.2, 0.25) is 0 Å². The highest BCUT2D eigenvalue weighted by molar-refractivity contribution is 6.19. The Hall–Kier alpha value is -5.20. The Morgan fingerprint density at radius 1 is 1.00 bits per heavy atom. The summed E-state index contributed by atoms with van der Waals surface area (Å²) in [6.45, 7) is -0.0513. The summed E-state index contributed by atoms with van der Waals surface area (Å²) < 4.78 is 42.3. The zero-order valence-corrected chi connectivity index (χ0v) is 20.2. The van der Waals surface area contributed by atoms with Gasteiger partial charge in [-0.3, -0.25) is 14.4 Å². The SMILES string of the molecule is CN1CC(=O)N(c2ccc(-n3cc4c(C(=O)Nc5cccc(C(N)=O)c5)cc(C(F)(F)F)cc4n3)cc2)C1=O. The molecule has 5 rings (SSSR count). The van der Waals surface area contributed by atoms with Crippen LogP contribution in [0.4, 0.5) is 29.3 Å². The maximum absolute atomic E-state index is 13.7. The van der Waals surface area contributed by atoms with Crippen LogP contribution in [-0.4, -0.2) is 52.0 Å². The summed E-state index contributed by atoms with van der Waals surface area (Å²) in [4.78, 5) is 51.3. The van der Waals surface area contributed by atoms with Gasteiger partial charge in [0.2, 0.25) is 5.91 Å². The number of nitrogens with one attached hydrogen (secondary N) is 1. The summed E-state index contributed by atoms with van der Waals surface area (Å²) in [5.41, 5.74) is 4.84. The Kier molecular flexibility index (Phi) is 6.05. The van der Waals surface area contributed by atoms with Gasteiger partial charge in [0.25, 0.3) is 11.8 Å². The highest BCUT2D eigenvalue weighted by atomic mass is 19.4. The number of anilines is 2. The Balaban J connectivity index is 1.52. The molecular formula is C26H19F3N6O4. The lowest BCUT2D eigenvalue weighted by Gasteiger charge is -2.14. The highest BCUT2D eigenvalue weighted by Crippen LogP contribution is 2.34. The molecule has 0 aliphatic carbocycles. The van der Waals surface area contributed by atoms with E-state index in [4.69, 9.17) is 5.73 Å². The van der Waals surface area contributed by atoms with Crippen LogP contribution in [-0.2, 0) is 11.0 Å². The van der Waals surface area contributed by atoms with E-state index >= 15 is 0 Å². The van der Waals surface area contributed by atoms with Crippen LogP contribution < -0.4 is 16.0 Å². The van der Waals surface area contributed by atoms with Crippen LogP contribution in [0.25, 0.3) is 16.6 Å². The first-order valence-corrected chi connectivity index (χ1v) is 11.4. The van der Waals surface area contributed by atoms with E-state index in [1.165, 1.54) is 59.2 Å². The Bertz CT molecular complexity index is 1660. The maximum atomic E-state index is 13.7. The van der Waals surface area contributed by atoms with E-state index in [1.807, 2.05) is 0 Å². The lowest BCUT2D eigenvalue weighted by atomic mass is 10.0. The predicted octanol–water partition coefficient (Wildman–Crippen LogP) is 3.79. The fourth-order valence-electron chi connectivity index (χ4n) is 4.18. The zero-order chi connectivity index (χ0) is 28.1. The predicted molar refractivity (Wildman–Crippen MR) is 134 cm³/mol. The molecule has 0 spiro atoms. The lowest BCUT2D eigenvalue weighted by Crippen LogP contribution is -2.31. The molecule has 1 saturated heterocycles. The Morgan fingerprint density at radius 3 is 2.31 bits per heavy atom. The molecule has 2 heterocycles. The number of fused-ring (bicyclic) bond motifs is 1. The van der Waals surface area contributed by atoms with Crippen molar-refractivity contribution >= 4 is 46.0 Å². The summed E-state index contributed by atoms with van der Waals surface area (Å²) in [6, 6.07) is 12.9. The zero-order valence-electron chi connectivity index (χ0n) is 20.2. The normalized spacial score (nSPS) is 13.8. The number of hydrogen-bond donors (Lipinski definition) is 2. The number of imide groups is 1. The minimum Gasteiger partial charge on any atom is -0.366 e. The molecule has 0 radical (unpaired) electrons. The van der Waals surface area contributed by atoms with Gasteiger partial charge in [-0.15, -0.1) is 0 Å². The third kappa shape index (κ3) is 4.77. The third-order valence-corrected chi connectivity index (χ3v) is 6.11. The van der Waals surface area contributed by atoms with Crippen LogP contribution in [0.3, 0.4) is 0 Å². The van der Waals surface area contributed by atoms with Crippen molar-refractivity contribution in [2.24, 2.45) is 5.73 Å². The monoisotopic (exact) mass is 536 g/mol. The first kappa shape index (κ1) is 25.4. The second-order valence-electron chi connectivity index (χ2n) is 8.81. The quantitative estimate of drug-likeness (QED) is 0.375. The molecule has 0 unspecified atom stereocenters. The van der Waals surface area contributed by atoms with E-state index in [9.17, 15) is 32.3 Å².